The zero-order chi connectivity index (χ0) is 24.8. The number of rotatable bonds is 4. The first kappa shape index (κ1) is 22.1. The molecule has 0 radical (unpaired) electrons. The summed E-state index contributed by atoms with van der Waals surface area (Å²) in [6.45, 7) is 0.364. The third kappa shape index (κ3) is 3.86. The number of hydrogen-bond donors (Lipinski definition) is 0. The molecular weight excluding hydrogens is 460 g/mol. The number of ether oxygens (including phenoxy) is 1. The highest BCUT2D eigenvalue weighted by Crippen LogP contribution is 2.45. The van der Waals surface area contributed by atoms with Crippen LogP contribution in [0, 0.1) is 0 Å². The first-order chi connectivity index (χ1) is 18.3. The van der Waals surface area contributed by atoms with Crippen molar-refractivity contribution < 1.29 is 14.1 Å². The molecule has 2 unspecified atom stereocenters. The normalized spacial score (nSPS) is 20.2. The summed E-state index contributed by atoms with van der Waals surface area (Å²) in [7, 11) is 0. The first-order valence-electron chi connectivity index (χ1n) is 13.1. The van der Waals surface area contributed by atoms with Gasteiger partial charge in [-0.05, 0) is 59.1 Å². The van der Waals surface area contributed by atoms with E-state index >= 15 is 0 Å². The van der Waals surface area contributed by atoms with E-state index in [9.17, 15) is 4.79 Å². The lowest BCUT2D eigenvalue weighted by Crippen LogP contribution is -2.51. The lowest BCUT2D eigenvalue weighted by atomic mass is 9.83. The lowest BCUT2D eigenvalue weighted by molar-refractivity contribution is 0.0539. The molecule has 1 fully saturated rings. The molecule has 5 heteroatoms. The van der Waals surface area contributed by atoms with Gasteiger partial charge in [-0.1, -0.05) is 84.0 Å². The fourth-order valence-corrected chi connectivity index (χ4v) is 6.41. The van der Waals surface area contributed by atoms with Crippen LogP contribution in [-0.4, -0.2) is 34.8 Å². The number of nitrogens with zero attached hydrogens (tertiary/aromatic N) is 2. The molecule has 7 rings (SSSR count). The molecule has 3 heterocycles. The summed E-state index contributed by atoms with van der Waals surface area (Å²) in [5.74, 6) is 0.845. The summed E-state index contributed by atoms with van der Waals surface area (Å²) < 4.78 is 11.3. The highest BCUT2D eigenvalue weighted by molar-refractivity contribution is 5.79. The fourth-order valence-electron chi connectivity index (χ4n) is 6.41. The van der Waals surface area contributed by atoms with E-state index in [2.05, 4.69) is 84.0 Å². The van der Waals surface area contributed by atoms with E-state index in [0.29, 0.717) is 6.61 Å². The predicted octanol–water partition coefficient (Wildman–Crippen LogP) is 7.30. The van der Waals surface area contributed by atoms with Gasteiger partial charge in [0.25, 0.3) is 0 Å². The Balaban J connectivity index is 1.09. The molecule has 0 saturated carbocycles. The predicted molar refractivity (Wildman–Crippen MR) is 143 cm³/mol. The van der Waals surface area contributed by atoms with Gasteiger partial charge in [0.05, 0.1) is 12.2 Å². The van der Waals surface area contributed by atoms with Crippen molar-refractivity contribution in [2.75, 3.05) is 6.61 Å². The van der Waals surface area contributed by atoms with Crippen LogP contribution in [-0.2, 0) is 4.74 Å². The van der Waals surface area contributed by atoms with E-state index in [0.717, 1.165) is 37.0 Å². The minimum atomic E-state index is -0.187. The molecule has 1 saturated heterocycles. The number of fused-ring (bicyclic) bond motifs is 5. The van der Waals surface area contributed by atoms with Gasteiger partial charge in [0.1, 0.15) is 6.61 Å². The van der Waals surface area contributed by atoms with Crippen molar-refractivity contribution in [1.82, 2.24) is 10.1 Å². The van der Waals surface area contributed by atoms with Crippen LogP contribution in [0.25, 0.3) is 28.0 Å². The lowest BCUT2D eigenvalue weighted by Gasteiger charge is -2.44. The van der Waals surface area contributed by atoms with Gasteiger partial charge >= 0.3 is 6.09 Å². The molecule has 5 nitrogen and oxygen atoms in total. The van der Waals surface area contributed by atoms with Crippen molar-refractivity contribution in [2.24, 2.45) is 0 Å². The van der Waals surface area contributed by atoms with Crippen molar-refractivity contribution >= 4 is 11.7 Å². The number of carbonyl (C=O) groups is 1. The Morgan fingerprint density at radius 3 is 2.27 bits per heavy atom. The molecule has 1 aromatic heterocycles. The topological polar surface area (TPSA) is 55.6 Å². The largest absolute Gasteiger partial charge is 0.448 e. The summed E-state index contributed by atoms with van der Waals surface area (Å²) in [5.41, 5.74) is 8.50. The zero-order valence-corrected chi connectivity index (χ0v) is 20.5. The molecule has 184 valence electrons. The Hall–Kier alpha value is -4.12. The quantitative estimate of drug-likeness (QED) is 0.302. The van der Waals surface area contributed by atoms with Gasteiger partial charge in [-0.2, -0.15) is 0 Å². The molecule has 0 N–H and O–H groups in total. The summed E-state index contributed by atoms with van der Waals surface area (Å²) in [4.78, 5) is 15.5. The van der Waals surface area contributed by atoms with Crippen LogP contribution >= 0.6 is 0 Å². The maximum atomic E-state index is 13.5. The Bertz CT molecular complexity index is 1430. The van der Waals surface area contributed by atoms with Crippen LogP contribution in [0.2, 0.25) is 0 Å². The number of benzene rings is 3. The van der Waals surface area contributed by atoms with Gasteiger partial charge in [-0.25, -0.2) is 4.79 Å². The van der Waals surface area contributed by atoms with Gasteiger partial charge in [0.2, 0.25) is 0 Å². The van der Waals surface area contributed by atoms with Crippen molar-refractivity contribution in [3.05, 3.63) is 108 Å². The van der Waals surface area contributed by atoms with Crippen LogP contribution in [0.3, 0.4) is 0 Å². The van der Waals surface area contributed by atoms with Crippen molar-refractivity contribution in [3.8, 4) is 22.5 Å². The maximum Gasteiger partial charge on any atom is 0.410 e. The van der Waals surface area contributed by atoms with Gasteiger partial charge in [-0.3, -0.25) is 4.90 Å². The highest BCUT2D eigenvalue weighted by Gasteiger charge is 2.39. The molecule has 4 aromatic rings. The molecule has 0 spiro atoms. The molecule has 3 aliphatic rings. The number of piperidine rings is 1. The van der Waals surface area contributed by atoms with Gasteiger partial charge in [-0.15, -0.1) is 0 Å². The van der Waals surface area contributed by atoms with Crippen LogP contribution in [0.5, 0.6) is 0 Å². The first-order valence-corrected chi connectivity index (χ1v) is 13.1. The second kappa shape index (κ2) is 9.07. The number of amides is 1. The van der Waals surface area contributed by atoms with E-state index in [4.69, 9.17) is 9.26 Å². The third-order valence-corrected chi connectivity index (χ3v) is 8.16. The molecule has 1 amide bonds. The highest BCUT2D eigenvalue weighted by atomic mass is 16.6. The number of aromatic nitrogens is 1. The third-order valence-electron chi connectivity index (χ3n) is 8.16. The minimum Gasteiger partial charge on any atom is -0.448 e. The van der Waals surface area contributed by atoms with Gasteiger partial charge in [0.15, 0.2) is 5.76 Å². The summed E-state index contributed by atoms with van der Waals surface area (Å²) >= 11 is 0. The van der Waals surface area contributed by atoms with E-state index < -0.39 is 0 Å². The summed E-state index contributed by atoms with van der Waals surface area (Å²) in [6, 6.07) is 27.5. The molecule has 2 atom stereocenters. The Kier molecular flexibility index (Phi) is 5.42. The fraction of sp³-hybridized carbons (Fsp3) is 0.250. The van der Waals surface area contributed by atoms with E-state index in [1.165, 1.54) is 33.4 Å². The zero-order valence-electron chi connectivity index (χ0n) is 20.5. The molecule has 37 heavy (non-hydrogen) atoms. The average molecular weight is 489 g/mol. The molecular formula is C32H28N2O3. The van der Waals surface area contributed by atoms with Crippen LogP contribution < -0.4 is 0 Å². The SMILES string of the molecule is O=C(OCC1c2ccccc2-c2ccccc21)N1C2C=C(c3ccc(-c4ccno4)cc3)CC1CCC2. The van der Waals surface area contributed by atoms with E-state index in [1.54, 1.807) is 6.20 Å². The maximum absolute atomic E-state index is 13.5. The molecule has 1 aliphatic carbocycles. The Labute approximate surface area is 216 Å². The van der Waals surface area contributed by atoms with Gasteiger partial charge in [0, 0.05) is 23.6 Å². The van der Waals surface area contributed by atoms with Crippen LogP contribution in [0.4, 0.5) is 4.79 Å². The minimum absolute atomic E-state index is 0.0760. The number of hydrogen-bond acceptors (Lipinski definition) is 4. The summed E-state index contributed by atoms with van der Waals surface area (Å²) in [6.07, 6.45) is 7.72. The van der Waals surface area contributed by atoms with Crippen LogP contribution in [0.15, 0.2) is 95.7 Å². The Morgan fingerprint density at radius 1 is 0.892 bits per heavy atom. The van der Waals surface area contributed by atoms with E-state index in [-0.39, 0.29) is 24.1 Å². The number of carbonyl (C=O) groups excluding carboxylic acids is 1. The Morgan fingerprint density at radius 2 is 1.59 bits per heavy atom. The smallest absolute Gasteiger partial charge is 0.410 e. The second-order valence-electron chi connectivity index (χ2n) is 10.2. The monoisotopic (exact) mass is 488 g/mol. The summed E-state index contributed by atoms with van der Waals surface area (Å²) in [5, 5.41) is 3.80. The van der Waals surface area contributed by atoms with E-state index in [1.807, 2.05) is 11.0 Å². The molecule has 3 aromatic carbocycles. The molecule has 2 bridgehead atoms. The second-order valence-corrected chi connectivity index (χ2v) is 10.2. The van der Waals surface area contributed by atoms with Gasteiger partial charge < -0.3 is 9.26 Å². The van der Waals surface area contributed by atoms with Crippen molar-refractivity contribution in [3.63, 3.8) is 0 Å². The molecule has 2 aliphatic heterocycles. The van der Waals surface area contributed by atoms with Crippen LogP contribution in [0.1, 0.15) is 48.3 Å². The standard InChI is InChI=1S/C32H28N2O3/c35-32(36-20-30-28-10-3-1-8-26(28)27-9-2-4-11-29(27)30)34-24-6-5-7-25(34)19-23(18-24)21-12-14-22(15-13-21)31-16-17-33-37-31/h1-4,8-18,24-25,30H,5-7,19-20H2. The average Bonchev–Trinajstić information content (AvgIpc) is 3.58. The van der Waals surface area contributed by atoms with Crippen molar-refractivity contribution in [1.29, 1.82) is 0 Å². The van der Waals surface area contributed by atoms with Crippen molar-refractivity contribution in [2.45, 2.75) is 43.7 Å².